The summed E-state index contributed by atoms with van der Waals surface area (Å²) in [4.78, 5) is 26.8. The zero-order valence-corrected chi connectivity index (χ0v) is 10.7. The average molecular weight is 283 g/mol. The van der Waals surface area contributed by atoms with Gasteiger partial charge in [-0.25, -0.2) is 14.7 Å². The summed E-state index contributed by atoms with van der Waals surface area (Å²) in [5.41, 5.74) is 2.53. The number of thiophene rings is 1. The Labute approximate surface area is 111 Å². The van der Waals surface area contributed by atoms with Crippen LogP contribution >= 0.6 is 11.3 Å². The van der Waals surface area contributed by atoms with Crippen molar-refractivity contribution < 1.29 is 23.9 Å². The summed E-state index contributed by atoms with van der Waals surface area (Å²) >= 11 is 1.13. The molecule has 19 heavy (non-hydrogen) atoms. The van der Waals surface area contributed by atoms with Crippen molar-refractivity contribution in [2.24, 2.45) is 0 Å². The summed E-state index contributed by atoms with van der Waals surface area (Å²) in [6.07, 6.45) is 0. The van der Waals surface area contributed by atoms with Gasteiger partial charge in [0.2, 0.25) is 0 Å². The number of amides is 1. The molecule has 1 amide bonds. The molecule has 5 nitrogen and oxygen atoms in total. The predicted molar refractivity (Wildman–Crippen MR) is 67.6 cm³/mol. The molecule has 0 aliphatic carbocycles. The van der Waals surface area contributed by atoms with Gasteiger partial charge in [-0.15, -0.1) is 11.3 Å². The lowest BCUT2D eigenvalue weighted by Gasteiger charge is -2.02. The standard InChI is InChI=1S/C12H10FNO4S/c1-6-10-7(13)3-2-4-8(10)19-11(6)12(17)14-18-5-9(15)16/h2-4H,5H2,1H3,(H,14,17)(H,15,16). The molecule has 1 heterocycles. The summed E-state index contributed by atoms with van der Waals surface area (Å²) in [5, 5.41) is 8.78. The quantitative estimate of drug-likeness (QED) is 0.842. The molecule has 0 saturated heterocycles. The molecule has 0 atom stereocenters. The van der Waals surface area contributed by atoms with E-state index >= 15 is 0 Å². The first kappa shape index (κ1) is 13.4. The lowest BCUT2D eigenvalue weighted by Crippen LogP contribution is -2.26. The Morgan fingerprint density at radius 1 is 1.47 bits per heavy atom. The van der Waals surface area contributed by atoms with E-state index in [-0.39, 0.29) is 0 Å². The highest BCUT2D eigenvalue weighted by atomic mass is 32.1. The van der Waals surface area contributed by atoms with Crippen LogP contribution in [0.1, 0.15) is 15.2 Å². The van der Waals surface area contributed by atoms with Crippen molar-refractivity contribution in [3.05, 3.63) is 34.5 Å². The third-order valence-corrected chi connectivity index (χ3v) is 3.73. The number of hydrogen-bond donors (Lipinski definition) is 2. The Kier molecular flexibility index (Phi) is 3.77. The van der Waals surface area contributed by atoms with Crippen LogP contribution < -0.4 is 5.48 Å². The molecule has 0 bridgehead atoms. The molecule has 0 spiro atoms. The Bertz CT molecular complexity index is 652. The monoisotopic (exact) mass is 283 g/mol. The van der Waals surface area contributed by atoms with Gasteiger partial charge in [-0.05, 0) is 24.6 Å². The van der Waals surface area contributed by atoms with Crippen molar-refractivity contribution >= 4 is 33.3 Å². The second-order valence-electron chi connectivity index (χ2n) is 3.78. The molecule has 1 aromatic carbocycles. The molecule has 7 heteroatoms. The summed E-state index contributed by atoms with van der Waals surface area (Å²) in [7, 11) is 0. The molecule has 0 aliphatic heterocycles. The van der Waals surface area contributed by atoms with Gasteiger partial charge in [0, 0.05) is 10.1 Å². The fourth-order valence-electron chi connectivity index (χ4n) is 1.68. The largest absolute Gasteiger partial charge is 0.479 e. The number of aryl methyl sites for hydroxylation is 1. The number of carboxylic acid groups (broad SMARTS) is 1. The number of fused-ring (bicyclic) bond motifs is 1. The zero-order chi connectivity index (χ0) is 14.0. The molecule has 2 N–H and O–H groups in total. The van der Waals surface area contributed by atoms with Gasteiger partial charge in [-0.2, -0.15) is 0 Å². The van der Waals surface area contributed by atoms with Crippen molar-refractivity contribution in [2.45, 2.75) is 6.92 Å². The number of hydrogen-bond acceptors (Lipinski definition) is 4. The molecular formula is C12H10FNO4S. The van der Waals surface area contributed by atoms with E-state index in [9.17, 15) is 14.0 Å². The van der Waals surface area contributed by atoms with Crippen LogP contribution in [0.15, 0.2) is 18.2 Å². The van der Waals surface area contributed by atoms with Gasteiger partial charge < -0.3 is 5.11 Å². The van der Waals surface area contributed by atoms with Crippen LogP contribution in [0, 0.1) is 12.7 Å². The predicted octanol–water partition coefficient (Wildman–Crippen LogP) is 2.09. The summed E-state index contributed by atoms with van der Waals surface area (Å²) < 4.78 is 14.3. The van der Waals surface area contributed by atoms with E-state index in [1.807, 2.05) is 5.48 Å². The average Bonchev–Trinajstić information content (AvgIpc) is 2.67. The first-order valence-electron chi connectivity index (χ1n) is 5.32. The third kappa shape index (κ3) is 2.72. The van der Waals surface area contributed by atoms with Crippen molar-refractivity contribution in [1.82, 2.24) is 5.48 Å². The second-order valence-corrected chi connectivity index (χ2v) is 4.83. The highest BCUT2D eigenvalue weighted by molar-refractivity contribution is 7.21. The fraction of sp³-hybridized carbons (Fsp3) is 0.167. The van der Waals surface area contributed by atoms with E-state index in [1.165, 1.54) is 6.07 Å². The molecule has 2 rings (SSSR count). The van der Waals surface area contributed by atoms with Gasteiger partial charge in [-0.3, -0.25) is 9.63 Å². The van der Waals surface area contributed by atoms with Crippen LogP contribution in [-0.2, 0) is 9.63 Å². The number of hydroxylamine groups is 1. The van der Waals surface area contributed by atoms with Crippen LogP contribution in [0.2, 0.25) is 0 Å². The minimum atomic E-state index is -1.19. The van der Waals surface area contributed by atoms with Gasteiger partial charge in [-0.1, -0.05) is 6.07 Å². The molecule has 1 aromatic heterocycles. The molecule has 2 aromatic rings. The first-order valence-corrected chi connectivity index (χ1v) is 6.14. The van der Waals surface area contributed by atoms with Crippen molar-refractivity contribution in [1.29, 1.82) is 0 Å². The molecular weight excluding hydrogens is 273 g/mol. The Morgan fingerprint density at radius 2 is 2.21 bits per heavy atom. The van der Waals surface area contributed by atoms with E-state index in [0.717, 1.165) is 11.3 Å². The molecule has 100 valence electrons. The number of benzene rings is 1. The third-order valence-electron chi connectivity index (χ3n) is 2.47. The van der Waals surface area contributed by atoms with Crippen molar-refractivity contribution in [2.75, 3.05) is 6.61 Å². The SMILES string of the molecule is Cc1c(C(=O)NOCC(=O)O)sc2cccc(F)c12. The van der Waals surface area contributed by atoms with E-state index in [1.54, 1.807) is 19.1 Å². The van der Waals surface area contributed by atoms with Crippen molar-refractivity contribution in [3.8, 4) is 0 Å². The summed E-state index contributed by atoms with van der Waals surface area (Å²) in [6.45, 7) is 0.998. The Hall–Kier alpha value is -1.99. The number of halogens is 1. The molecule has 0 saturated carbocycles. The summed E-state index contributed by atoms with van der Waals surface area (Å²) in [6, 6.07) is 4.60. The number of carboxylic acids is 1. The van der Waals surface area contributed by atoms with Gasteiger partial charge in [0.15, 0.2) is 6.61 Å². The molecule has 0 fully saturated rings. The maximum absolute atomic E-state index is 13.6. The number of nitrogens with one attached hydrogen (secondary N) is 1. The topological polar surface area (TPSA) is 75.6 Å². The van der Waals surface area contributed by atoms with Crippen LogP contribution in [0.4, 0.5) is 4.39 Å². The normalized spacial score (nSPS) is 10.6. The molecule has 0 radical (unpaired) electrons. The van der Waals surface area contributed by atoms with Crippen molar-refractivity contribution in [3.63, 3.8) is 0 Å². The highest BCUT2D eigenvalue weighted by Gasteiger charge is 2.17. The Morgan fingerprint density at radius 3 is 2.84 bits per heavy atom. The van der Waals surface area contributed by atoms with Gasteiger partial charge in [0.1, 0.15) is 5.82 Å². The number of carbonyl (C=O) groups excluding carboxylic acids is 1. The van der Waals surface area contributed by atoms with E-state index in [4.69, 9.17) is 5.11 Å². The first-order chi connectivity index (χ1) is 9.00. The van der Waals surface area contributed by atoms with E-state index in [0.29, 0.717) is 20.5 Å². The van der Waals surface area contributed by atoms with E-state index < -0.39 is 24.3 Å². The van der Waals surface area contributed by atoms with Crippen LogP contribution in [-0.4, -0.2) is 23.6 Å². The van der Waals surface area contributed by atoms with Crippen LogP contribution in [0.3, 0.4) is 0 Å². The second kappa shape index (κ2) is 5.33. The number of carbonyl (C=O) groups is 2. The minimum Gasteiger partial charge on any atom is -0.479 e. The van der Waals surface area contributed by atoms with Gasteiger partial charge in [0.05, 0.1) is 4.88 Å². The zero-order valence-electron chi connectivity index (χ0n) is 9.90. The van der Waals surface area contributed by atoms with E-state index in [2.05, 4.69) is 4.84 Å². The maximum Gasteiger partial charge on any atom is 0.332 e. The molecule has 0 aliphatic rings. The van der Waals surface area contributed by atoms with Gasteiger partial charge >= 0.3 is 5.97 Å². The number of aliphatic carboxylic acids is 1. The summed E-state index contributed by atoms with van der Waals surface area (Å²) in [5.74, 6) is -2.17. The molecule has 0 unspecified atom stereocenters. The lowest BCUT2D eigenvalue weighted by molar-refractivity contribution is -0.144. The Balaban J connectivity index is 2.25. The minimum absolute atomic E-state index is 0.297. The highest BCUT2D eigenvalue weighted by Crippen LogP contribution is 2.32. The lowest BCUT2D eigenvalue weighted by atomic mass is 10.1. The van der Waals surface area contributed by atoms with Gasteiger partial charge in [0.25, 0.3) is 5.91 Å². The maximum atomic E-state index is 13.6. The smallest absolute Gasteiger partial charge is 0.332 e. The number of rotatable bonds is 4. The fourth-order valence-corrected chi connectivity index (χ4v) is 2.79. The van der Waals surface area contributed by atoms with Crippen LogP contribution in [0.25, 0.3) is 10.1 Å². The van der Waals surface area contributed by atoms with Crippen LogP contribution in [0.5, 0.6) is 0 Å².